The number of hydrogen-bond acceptors (Lipinski definition) is 3. The van der Waals surface area contributed by atoms with Gasteiger partial charge in [0.1, 0.15) is 5.75 Å². The largest absolute Gasteiger partial charge is 0.434 e. The molecule has 0 atom stereocenters. The zero-order valence-corrected chi connectivity index (χ0v) is 13.6. The molecule has 1 aliphatic heterocycles. The Balaban J connectivity index is 1.83. The van der Waals surface area contributed by atoms with E-state index in [0.717, 1.165) is 25.8 Å². The molecule has 0 radical (unpaired) electrons. The molecule has 1 saturated heterocycles. The molecule has 23 heavy (non-hydrogen) atoms. The Morgan fingerprint density at radius 2 is 2.13 bits per heavy atom. The number of hydrogen-bond donors (Lipinski definition) is 1. The van der Waals surface area contributed by atoms with E-state index < -0.39 is 6.61 Å². The summed E-state index contributed by atoms with van der Waals surface area (Å²) in [5, 5.41) is 3.62. The minimum absolute atomic E-state index is 0.114. The maximum Gasteiger partial charge on any atom is 0.387 e. The number of nitrogens with one attached hydrogen (secondary N) is 1. The zero-order chi connectivity index (χ0) is 16.7. The highest BCUT2D eigenvalue weighted by molar-refractivity contribution is 6.30. The second-order valence-electron chi connectivity index (χ2n) is 5.50. The maximum atomic E-state index is 12.4. The Morgan fingerprint density at radius 1 is 1.30 bits per heavy atom. The molecule has 0 aliphatic carbocycles. The summed E-state index contributed by atoms with van der Waals surface area (Å²) >= 11 is 5.90. The van der Waals surface area contributed by atoms with E-state index in [9.17, 15) is 13.6 Å². The molecule has 1 fully saturated rings. The predicted octanol–water partition coefficient (Wildman–Crippen LogP) is 3.43. The molecule has 1 aromatic carbocycles. The minimum Gasteiger partial charge on any atom is -0.434 e. The first-order valence-corrected chi connectivity index (χ1v) is 8.16. The SMILES string of the molecule is O=C1CCCCCN1CCNCc1cc(Cl)ccc1OC(F)F. The van der Waals surface area contributed by atoms with Crippen LogP contribution in [0.25, 0.3) is 0 Å². The van der Waals surface area contributed by atoms with Crippen molar-refractivity contribution in [3.05, 3.63) is 28.8 Å². The number of carbonyl (C=O) groups is 1. The monoisotopic (exact) mass is 346 g/mol. The van der Waals surface area contributed by atoms with Crippen LogP contribution < -0.4 is 10.1 Å². The van der Waals surface area contributed by atoms with E-state index in [0.29, 0.717) is 36.6 Å². The van der Waals surface area contributed by atoms with Gasteiger partial charge in [-0.2, -0.15) is 8.78 Å². The van der Waals surface area contributed by atoms with Crippen molar-refractivity contribution >= 4 is 17.5 Å². The van der Waals surface area contributed by atoms with Gasteiger partial charge in [0.15, 0.2) is 0 Å². The van der Waals surface area contributed by atoms with Gasteiger partial charge in [0, 0.05) is 43.2 Å². The molecule has 1 N–H and O–H groups in total. The van der Waals surface area contributed by atoms with Crippen molar-refractivity contribution < 1.29 is 18.3 Å². The van der Waals surface area contributed by atoms with Crippen LogP contribution in [0.5, 0.6) is 5.75 Å². The molecule has 0 aromatic heterocycles. The first-order valence-electron chi connectivity index (χ1n) is 7.78. The molecule has 0 spiro atoms. The van der Waals surface area contributed by atoms with Crippen LogP contribution in [-0.2, 0) is 11.3 Å². The van der Waals surface area contributed by atoms with E-state index in [4.69, 9.17) is 11.6 Å². The molecule has 1 heterocycles. The Bertz CT molecular complexity index is 529. The van der Waals surface area contributed by atoms with Gasteiger partial charge in [-0.1, -0.05) is 18.0 Å². The number of carbonyl (C=O) groups excluding carboxylic acids is 1. The average Bonchev–Trinajstić information content (AvgIpc) is 2.70. The Kier molecular flexibility index (Phi) is 7.05. The number of amides is 1. The number of alkyl halides is 2. The lowest BCUT2D eigenvalue weighted by molar-refractivity contribution is -0.130. The molecule has 0 saturated carbocycles. The smallest absolute Gasteiger partial charge is 0.387 e. The summed E-state index contributed by atoms with van der Waals surface area (Å²) in [6.45, 7) is -0.525. The van der Waals surface area contributed by atoms with Gasteiger partial charge in [-0.05, 0) is 31.0 Å². The number of ether oxygens (including phenoxy) is 1. The van der Waals surface area contributed by atoms with Gasteiger partial charge in [-0.3, -0.25) is 4.79 Å². The van der Waals surface area contributed by atoms with Crippen LogP contribution in [0.2, 0.25) is 5.02 Å². The second-order valence-corrected chi connectivity index (χ2v) is 5.94. The summed E-state index contributed by atoms with van der Waals surface area (Å²) in [6, 6.07) is 4.55. The van der Waals surface area contributed by atoms with Crippen LogP contribution in [0.3, 0.4) is 0 Å². The zero-order valence-electron chi connectivity index (χ0n) is 12.9. The minimum atomic E-state index is -2.87. The van der Waals surface area contributed by atoms with Crippen LogP contribution in [-0.4, -0.2) is 37.1 Å². The summed E-state index contributed by atoms with van der Waals surface area (Å²) in [6.07, 6.45) is 3.69. The summed E-state index contributed by atoms with van der Waals surface area (Å²) in [7, 11) is 0. The van der Waals surface area contributed by atoms with Crippen LogP contribution in [0, 0.1) is 0 Å². The Labute approximate surface area is 139 Å². The van der Waals surface area contributed by atoms with Crippen molar-refractivity contribution in [1.82, 2.24) is 10.2 Å². The highest BCUT2D eigenvalue weighted by Crippen LogP contribution is 2.24. The summed E-state index contributed by atoms with van der Waals surface area (Å²) in [4.78, 5) is 13.7. The molecular weight excluding hydrogens is 326 g/mol. The van der Waals surface area contributed by atoms with Gasteiger partial charge in [-0.15, -0.1) is 0 Å². The first kappa shape index (κ1) is 17.9. The van der Waals surface area contributed by atoms with Crippen LogP contribution >= 0.6 is 11.6 Å². The van der Waals surface area contributed by atoms with Crippen molar-refractivity contribution in [1.29, 1.82) is 0 Å². The van der Waals surface area contributed by atoms with Crippen LogP contribution in [0.15, 0.2) is 18.2 Å². The van der Waals surface area contributed by atoms with Crippen LogP contribution in [0.4, 0.5) is 8.78 Å². The van der Waals surface area contributed by atoms with E-state index in [1.54, 1.807) is 6.07 Å². The van der Waals surface area contributed by atoms with Gasteiger partial charge < -0.3 is 15.0 Å². The predicted molar refractivity (Wildman–Crippen MR) is 84.8 cm³/mol. The molecule has 4 nitrogen and oxygen atoms in total. The highest BCUT2D eigenvalue weighted by atomic mass is 35.5. The highest BCUT2D eigenvalue weighted by Gasteiger charge is 2.16. The number of rotatable bonds is 7. The Hall–Kier alpha value is -1.40. The van der Waals surface area contributed by atoms with Crippen molar-refractivity contribution in [2.75, 3.05) is 19.6 Å². The molecule has 128 valence electrons. The fourth-order valence-electron chi connectivity index (χ4n) is 2.61. The number of likely N-dealkylation sites (tertiary alicyclic amines) is 1. The fourth-order valence-corrected chi connectivity index (χ4v) is 2.80. The topological polar surface area (TPSA) is 41.6 Å². The number of halogens is 3. The third kappa shape index (κ3) is 5.95. The lowest BCUT2D eigenvalue weighted by Crippen LogP contribution is -2.36. The van der Waals surface area contributed by atoms with Gasteiger partial charge >= 0.3 is 6.61 Å². The van der Waals surface area contributed by atoms with Crippen molar-refractivity contribution in [3.63, 3.8) is 0 Å². The fraction of sp³-hybridized carbons (Fsp3) is 0.562. The lowest BCUT2D eigenvalue weighted by atomic mass is 10.2. The average molecular weight is 347 g/mol. The normalized spacial score (nSPS) is 15.8. The molecule has 7 heteroatoms. The summed E-state index contributed by atoms with van der Waals surface area (Å²) < 4.78 is 29.3. The molecule has 0 bridgehead atoms. The van der Waals surface area contributed by atoms with Gasteiger partial charge in [0.2, 0.25) is 5.91 Å². The van der Waals surface area contributed by atoms with E-state index in [2.05, 4.69) is 10.1 Å². The van der Waals surface area contributed by atoms with Gasteiger partial charge in [0.05, 0.1) is 0 Å². The van der Waals surface area contributed by atoms with Gasteiger partial charge in [0.25, 0.3) is 0 Å². The van der Waals surface area contributed by atoms with E-state index >= 15 is 0 Å². The first-order chi connectivity index (χ1) is 11.1. The molecular formula is C16H21ClF2N2O2. The van der Waals surface area contributed by atoms with Crippen molar-refractivity contribution in [2.24, 2.45) is 0 Å². The molecule has 2 rings (SSSR count). The van der Waals surface area contributed by atoms with Crippen molar-refractivity contribution in [2.45, 2.75) is 38.8 Å². The lowest BCUT2D eigenvalue weighted by Gasteiger charge is -2.20. The van der Waals surface area contributed by atoms with Crippen molar-refractivity contribution in [3.8, 4) is 5.75 Å². The molecule has 1 aliphatic rings. The van der Waals surface area contributed by atoms with E-state index in [1.165, 1.54) is 12.1 Å². The van der Waals surface area contributed by atoms with Gasteiger partial charge in [-0.25, -0.2) is 0 Å². The molecule has 0 unspecified atom stereocenters. The standard InChI is InChI=1S/C16H21ClF2N2O2/c17-13-5-6-14(23-16(18)19)12(10-13)11-20-7-9-21-8-3-1-2-4-15(21)22/h5-6,10,16,20H,1-4,7-9,11H2. The number of nitrogens with zero attached hydrogens (tertiary/aromatic N) is 1. The third-order valence-electron chi connectivity index (χ3n) is 3.78. The maximum absolute atomic E-state index is 12.4. The second kappa shape index (κ2) is 9.03. The van der Waals surface area contributed by atoms with Crippen LogP contribution in [0.1, 0.15) is 31.2 Å². The number of benzene rings is 1. The summed E-state index contributed by atoms with van der Waals surface area (Å²) in [5.74, 6) is 0.302. The molecule has 1 amide bonds. The third-order valence-corrected chi connectivity index (χ3v) is 4.02. The molecule has 1 aromatic rings. The van der Waals surface area contributed by atoms with E-state index in [1.807, 2.05) is 4.90 Å². The van der Waals surface area contributed by atoms with E-state index in [-0.39, 0.29) is 11.7 Å². The quantitative estimate of drug-likeness (QED) is 0.769. The Morgan fingerprint density at radius 3 is 2.91 bits per heavy atom. The summed E-state index contributed by atoms with van der Waals surface area (Å²) in [5.41, 5.74) is 0.569.